The molecule has 0 aliphatic carbocycles. The Bertz CT molecular complexity index is 707. The molecule has 0 saturated carbocycles. The summed E-state index contributed by atoms with van der Waals surface area (Å²) in [6.45, 7) is 3.31. The Labute approximate surface area is 126 Å². The maximum absolute atomic E-state index is 12.4. The van der Waals surface area contributed by atoms with E-state index in [-0.39, 0.29) is 11.6 Å². The predicted octanol–water partition coefficient (Wildman–Crippen LogP) is 3.30. The van der Waals surface area contributed by atoms with E-state index in [9.17, 15) is 9.59 Å². The van der Waals surface area contributed by atoms with Gasteiger partial charge in [0, 0.05) is 16.3 Å². The van der Waals surface area contributed by atoms with Crippen LogP contribution in [-0.4, -0.2) is 28.2 Å². The molecular weight excluding hydrogens is 288 g/mol. The van der Waals surface area contributed by atoms with Gasteiger partial charge in [0.1, 0.15) is 5.69 Å². The first-order valence-electron chi connectivity index (χ1n) is 6.32. The molecule has 0 fully saturated rings. The number of nitrogens with one attached hydrogen (secondary N) is 2. The van der Waals surface area contributed by atoms with E-state index < -0.39 is 5.97 Å². The van der Waals surface area contributed by atoms with Gasteiger partial charge in [-0.3, -0.25) is 4.79 Å². The molecule has 5 nitrogen and oxygen atoms in total. The van der Waals surface area contributed by atoms with Crippen molar-refractivity contribution in [1.82, 2.24) is 4.98 Å². The van der Waals surface area contributed by atoms with Crippen LogP contribution in [0.4, 0.5) is 5.69 Å². The predicted molar refractivity (Wildman–Crippen MR) is 83.4 cm³/mol. The van der Waals surface area contributed by atoms with Gasteiger partial charge in [-0.25, -0.2) is 4.79 Å². The van der Waals surface area contributed by atoms with Gasteiger partial charge in [-0.15, -0.1) is 11.8 Å². The Morgan fingerprint density at radius 2 is 2.00 bits per heavy atom. The van der Waals surface area contributed by atoms with Crippen molar-refractivity contribution in [1.29, 1.82) is 0 Å². The molecule has 1 amide bonds. The third-order valence-electron chi connectivity index (χ3n) is 3.21. The first kappa shape index (κ1) is 15.2. The Morgan fingerprint density at radius 3 is 2.57 bits per heavy atom. The molecule has 3 N–H and O–H groups in total. The minimum absolute atomic E-state index is 0.0514. The summed E-state index contributed by atoms with van der Waals surface area (Å²) in [7, 11) is 0. The van der Waals surface area contributed by atoms with E-state index in [0.29, 0.717) is 22.5 Å². The van der Waals surface area contributed by atoms with Crippen LogP contribution < -0.4 is 5.32 Å². The number of H-pyrrole nitrogens is 1. The first-order valence-corrected chi connectivity index (χ1v) is 7.54. The van der Waals surface area contributed by atoms with Crippen molar-refractivity contribution in [2.45, 2.75) is 18.7 Å². The summed E-state index contributed by atoms with van der Waals surface area (Å²) in [5, 5.41) is 11.9. The van der Waals surface area contributed by atoms with Gasteiger partial charge in [0.15, 0.2) is 0 Å². The molecule has 0 atom stereocenters. The normalized spacial score (nSPS) is 10.4. The van der Waals surface area contributed by atoms with Gasteiger partial charge < -0.3 is 15.4 Å². The van der Waals surface area contributed by atoms with Crippen molar-refractivity contribution in [3.05, 3.63) is 46.8 Å². The highest BCUT2D eigenvalue weighted by molar-refractivity contribution is 7.98. The zero-order valence-electron chi connectivity index (χ0n) is 12.0. The quantitative estimate of drug-likeness (QED) is 0.757. The number of thioether (sulfide) groups is 1. The van der Waals surface area contributed by atoms with Crippen LogP contribution in [0.1, 0.15) is 32.1 Å². The van der Waals surface area contributed by atoms with Gasteiger partial charge in [0.25, 0.3) is 5.91 Å². The molecule has 0 radical (unpaired) electrons. The summed E-state index contributed by atoms with van der Waals surface area (Å²) in [6, 6.07) is 7.49. The van der Waals surface area contributed by atoms with Crippen LogP contribution in [0, 0.1) is 13.8 Å². The average molecular weight is 304 g/mol. The number of aromatic amines is 1. The Morgan fingerprint density at radius 1 is 1.29 bits per heavy atom. The molecule has 0 aliphatic heterocycles. The lowest BCUT2D eigenvalue weighted by atomic mass is 10.1. The van der Waals surface area contributed by atoms with Crippen LogP contribution >= 0.6 is 11.8 Å². The number of anilines is 1. The fourth-order valence-corrected chi connectivity index (χ4v) is 2.66. The van der Waals surface area contributed by atoms with Gasteiger partial charge in [0.2, 0.25) is 0 Å². The van der Waals surface area contributed by atoms with Gasteiger partial charge in [-0.05, 0) is 43.9 Å². The number of rotatable bonds is 4. The molecule has 6 heteroatoms. The van der Waals surface area contributed by atoms with E-state index in [2.05, 4.69) is 10.3 Å². The van der Waals surface area contributed by atoms with Crippen molar-refractivity contribution in [3.63, 3.8) is 0 Å². The summed E-state index contributed by atoms with van der Waals surface area (Å²) < 4.78 is 0. The lowest BCUT2D eigenvalue weighted by Crippen LogP contribution is -2.14. The first-order chi connectivity index (χ1) is 9.93. The number of hydrogen-bond acceptors (Lipinski definition) is 3. The minimum Gasteiger partial charge on any atom is -0.477 e. The molecule has 2 aromatic rings. The lowest BCUT2D eigenvalue weighted by Gasteiger charge is -2.07. The molecule has 0 saturated heterocycles. The second-order valence-electron chi connectivity index (χ2n) is 4.62. The summed E-state index contributed by atoms with van der Waals surface area (Å²) in [4.78, 5) is 27.2. The van der Waals surface area contributed by atoms with Crippen LogP contribution in [0.25, 0.3) is 0 Å². The highest BCUT2D eigenvalue weighted by Gasteiger charge is 2.21. The number of carboxylic acids is 1. The summed E-state index contributed by atoms with van der Waals surface area (Å²) in [5.41, 5.74) is 2.10. The topological polar surface area (TPSA) is 82.2 Å². The zero-order chi connectivity index (χ0) is 15.6. The van der Waals surface area contributed by atoms with Gasteiger partial charge in [-0.2, -0.15) is 0 Å². The summed E-state index contributed by atoms with van der Waals surface area (Å²) >= 11 is 1.59. The molecule has 0 unspecified atom stereocenters. The highest BCUT2D eigenvalue weighted by atomic mass is 32.2. The fraction of sp³-hybridized carbons (Fsp3) is 0.200. The molecule has 1 heterocycles. The molecule has 2 rings (SSSR count). The number of carbonyl (C=O) groups is 2. The third kappa shape index (κ3) is 3.11. The number of aromatic nitrogens is 1. The van der Waals surface area contributed by atoms with Crippen LogP contribution in [0.5, 0.6) is 0 Å². The molecule has 1 aromatic heterocycles. The van der Waals surface area contributed by atoms with E-state index in [1.54, 1.807) is 31.7 Å². The number of carbonyl (C=O) groups excluding carboxylic acids is 1. The summed E-state index contributed by atoms with van der Waals surface area (Å²) in [6.07, 6.45) is 1.96. The molecule has 0 spiro atoms. The Balaban J connectivity index is 2.30. The Hall–Kier alpha value is -2.21. The number of hydrogen-bond donors (Lipinski definition) is 3. The van der Waals surface area contributed by atoms with E-state index in [1.807, 2.05) is 24.5 Å². The molecule has 21 heavy (non-hydrogen) atoms. The van der Waals surface area contributed by atoms with Gasteiger partial charge in [0.05, 0.1) is 5.56 Å². The maximum Gasteiger partial charge on any atom is 0.352 e. The number of benzene rings is 1. The van der Waals surface area contributed by atoms with Crippen molar-refractivity contribution < 1.29 is 14.7 Å². The molecule has 0 bridgehead atoms. The van der Waals surface area contributed by atoms with E-state index in [1.165, 1.54) is 0 Å². The maximum atomic E-state index is 12.4. The summed E-state index contributed by atoms with van der Waals surface area (Å²) in [5.74, 6) is -1.38. The second kappa shape index (κ2) is 6.05. The molecular formula is C15H16N2O3S. The number of aromatic carboxylic acids is 1. The van der Waals surface area contributed by atoms with E-state index in [0.717, 1.165) is 4.90 Å². The monoisotopic (exact) mass is 304 g/mol. The van der Waals surface area contributed by atoms with Gasteiger partial charge >= 0.3 is 5.97 Å². The molecule has 0 aliphatic rings. The Kier molecular flexibility index (Phi) is 4.37. The number of carboxylic acid groups (broad SMARTS) is 1. The zero-order valence-corrected chi connectivity index (χ0v) is 12.8. The van der Waals surface area contributed by atoms with Crippen LogP contribution in [-0.2, 0) is 0 Å². The van der Waals surface area contributed by atoms with Crippen molar-refractivity contribution in [3.8, 4) is 0 Å². The smallest absolute Gasteiger partial charge is 0.352 e. The standard InChI is InChI=1S/C15H16N2O3S/c1-8-12(9(2)16-13(8)15(19)20)14(18)17-10-5-4-6-11(7-10)21-3/h4-7,16H,1-3H3,(H,17,18)(H,19,20). The second-order valence-corrected chi connectivity index (χ2v) is 5.50. The minimum atomic E-state index is -1.07. The van der Waals surface area contributed by atoms with E-state index in [4.69, 9.17) is 5.11 Å². The number of amides is 1. The lowest BCUT2D eigenvalue weighted by molar-refractivity contribution is 0.0690. The molecule has 110 valence electrons. The van der Waals surface area contributed by atoms with Crippen LogP contribution in [0.2, 0.25) is 0 Å². The fourth-order valence-electron chi connectivity index (χ4n) is 2.20. The highest BCUT2D eigenvalue weighted by Crippen LogP contribution is 2.22. The van der Waals surface area contributed by atoms with Crippen molar-refractivity contribution >= 4 is 29.3 Å². The van der Waals surface area contributed by atoms with Gasteiger partial charge in [-0.1, -0.05) is 6.07 Å². The third-order valence-corrected chi connectivity index (χ3v) is 3.93. The van der Waals surface area contributed by atoms with Crippen molar-refractivity contribution in [2.75, 3.05) is 11.6 Å². The van der Waals surface area contributed by atoms with Crippen molar-refractivity contribution in [2.24, 2.45) is 0 Å². The van der Waals surface area contributed by atoms with E-state index >= 15 is 0 Å². The van der Waals surface area contributed by atoms with Crippen LogP contribution in [0.15, 0.2) is 29.2 Å². The average Bonchev–Trinajstić information content (AvgIpc) is 2.74. The molecule has 1 aromatic carbocycles. The largest absolute Gasteiger partial charge is 0.477 e. The van der Waals surface area contributed by atoms with Crippen LogP contribution in [0.3, 0.4) is 0 Å². The number of aryl methyl sites for hydroxylation is 1. The SMILES string of the molecule is CSc1cccc(NC(=O)c2c(C)[nH]c(C(=O)O)c2C)c1.